The van der Waals surface area contributed by atoms with E-state index < -0.39 is 17.8 Å². The minimum absolute atomic E-state index is 0.162. The number of carbonyl (C=O) groups excluding carboxylic acids is 1. The van der Waals surface area contributed by atoms with E-state index in [2.05, 4.69) is 5.32 Å². The molecular formula is C14H19NO4. The van der Waals surface area contributed by atoms with E-state index in [9.17, 15) is 14.7 Å². The van der Waals surface area contributed by atoms with Gasteiger partial charge in [0.05, 0.1) is 24.4 Å². The molecule has 1 amide bonds. The summed E-state index contributed by atoms with van der Waals surface area (Å²) >= 11 is 0. The average Bonchev–Trinajstić information content (AvgIpc) is 3.04. The Balaban J connectivity index is 1.94. The summed E-state index contributed by atoms with van der Waals surface area (Å²) in [6.45, 7) is 2.42. The van der Waals surface area contributed by atoms with Gasteiger partial charge in [-0.15, -0.1) is 0 Å². The number of rotatable bonds is 5. The fraction of sp³-hybridized carbons (Fsp3) is 0.571. The van der Waals surface area contributed by atoms with Crippen molar-refractivity contribution in [2.75, 3.05) is 0 Å². The molecule has 1 saturated carbocycles. The first kappa shape index (κ1) is 13.6. The zero-order valence-electron chi connectivity index (χ0n) is 11.0. The second kappa shape index (κ2) is 5.91. The molecule has 2 N–H and O–H groups in total. The molecule has 19 heavy (non-hydrogen) atoms. The first-order valence-electron chi connectivity index (χ1n) is 6.63. The maximum absolute atomic E-state index is 12.1. The maximum atomic E-state index is 12.1. The van der Waals surface area contributed by atoms with Gasteiger partial charge in [-0.25, -0.2) is 0 Å². The lowest BCUT2D eigenvalue weighted by atomic mass is 9.95. The molecule has 104 valence electrons. The van der Waals surface area contributed by atoms with Crippen LogP contribution in [0, 0.1) is 17.8 Å². The predicted octanol–water partition coefficient (Wildman–Crippen LogP) is 2.03. The van der Waals surface area contributed by atoms with Crippen molar-refractivity contribution in [2.24, 2.45) is 17.8 Å². The summed E-state index contributed by atoms with van der Waals surface area (Å²) in [4.78, 5) is 23.3. The van der Waals surface area contributed by atoms with Gasteiger partial charge in [-0.3, -0.25) is 9.59 Å². The van der Waals surface area contributed by atoms with Crippen LogP contribution in [-0.4, -0.2) is 17.0 Å². The number of hydrogen-bond acceptors (Lipinski definition) is 3. The molecule has 2 rings (SSSR count). The molecule has 0 radical (unpaired) electrons. The SMILES string of the molecule is CCC1CC(C(=O)O)C(C(=O)NCc2ccoc2)C1. The molecule has 1 aliphatic rings. The van der Waals surface area contributed by atoms with Crippen LogP contribution in [0.1, 0.15) is 31.7 Å². The number of hydrogen-bond donors (Lipinski definition) is 2. The summed E-state index contributed by atoms with van der Waals surface area (Å²) in [5.74, 6) is -1.64. The number of nitrogens with one attached hydrogen (secondary N) is 1. The number of carboxylic acid groups (broad SMARTS) is 1. The zero-order chi connectivity index (χ0) is 13.8. The highest BCUT2D eigenvalue weighted by Crippen LogP contribution is 2.38. The molecule has 0 spiro atoms. The second-order valence-corrected chi connectivity index (χ2v) is 5.15. The van der Waals surface area contributed by atoms with Crippen molar-refractivity contribution in [1.82, 2.24) is 5.32 Å². The first-order chi connectivity index (χ1) is 9.11. The van der Waals surface area contributed by atoms with Crippen LogP contribution in [0.25, 0.3) is 0 Å². The van der Waals surface area contributed by atoms with Crippen LogP contribution < -0.4 is 5.32 Å². The third-order valence-electron chi connectivity index (χ3n) is 3.94. The summed E-state index contributed by atoms with van der Waals surface area (Å²) in [7, 11) is 0. The Morgan fingerprint density at radius 2 is 2.16 bits per heavy atom. The van der Waals surface area contributed by atoms with Crippen LogP contribution in [0.2, 0.25) is 0 Å². The van der Waals surface area contributed by atoms with Crippen LogP contribution in [0.5, 0.6) is 0 Å². The van der Waals surface area contributed by atoms with E-state index >= 15 is 0 Å². The van der Waals surface area contributed by atoms with Gasteiger partial charge in [0.2, 0.25) is 5.91 Å². The van der Waals surface area contributed by atoms with E-state index in [0.29, 0.717) is 25.3 Å². The molecule has 1 aromatic heterocycles. The monoisotopic (exact) mass is 265 g/mol. The van der Waals surface area contributed by atoms with Crippen molar-refractivity contribution >= 4 is 11.9 Å². The van der Waals surface area contributed by atoms with Gasteiger partial charge in [0, 0.05) is 12.1 Å². The molecule has 3 atom stereocenters. The van der Waals surface area contributed by atoms with Gasteiger partial charge >= 0.3 is 5.97 Å². The molecule has 1 fully saturated rings. The van der Waals surface area contributed by atoms with Crippen molar-refractivity contribution in [2.45, 2.75) is 32.7 Å². The Hall–Kier alpha value is -1.78. The largest absolute Gasteiger partial charge is 0.481 e. The highest BCUT2D eigenvalue weighted by atomic mass is 16.4. The van der Waals surface area contributed by atoms with Gasteiger partial charge in [0.15, 0.2) is 0 Å². The lowest BCUT2D eigenvalue weighted by molar-refractivity contribution is -0.146. The number of aliphatic carboxylic acids is 1. The molecule has 0 aromatic carbocycles. The zero-order valence-corrected chi connectivity index (χ0v) is 11.0. The minimum Gasteiger partial charge on any atom is -0.481 e. The topological polar surface area (TPSA) is 79.5 Å². The highest BCUT2D eigenvalue weighted by molar-refractivity contribution is 5.85. The smallest absolute Gasteiger partial charge is 0.307 e. The van der Waals surface area contributed by atoms with Gasteiger partial charge in [0.1, 0.15) is 0 Å². The average molecular weight is 265 g/mol. The molecule has 1 aromatic rings. The fourth-order valence-corrected chi connectivity index (χ4v) is 2.75. The van der Waals surface area contributed by atoms with E-state index in [1.54, 1.807) is 18.6 Å². The summed E-state index contributed by atoms with van der Waals surface area (Å²) in [5, 5.41) is 12.0. The summed E-state index contributed by atoms with van der Waals surface area (Å²) < 4.78 is 4.92. The van der Waals surface area contributed by atoms with Crippen LogP contribution in [0.3, 0.4) is 0 Å². The molecule has 5 nitrogen and oxygen atoms in total. The van der Waals surface area contributed by atoms with Gasteiger partial charge in [-0.2, -0.15) is 0 Å². The van der Waals surface area contributed by atoms with Gasteiger partial charge in [0.25, 0.3) is 0 Å². The highest BCUT2D eigenvalue weighted by Gasteiger charge is 2.41. The summed E-state index contributed by atoms with van der Waals surface area (Å²) in [6, 6.07) is 1.78. The Bertz CT molecular complexity index is 440. The Labute approximate surface area is 112 Å². The van der Waals surface area contributed by atoms with Crippen molar-refractivity contribution in [3.8, 4) is 0 Å². The Morgan fingerprint density at radius 3 is 2.74 bits per heavy atom. The normalized spacial score (nSPS) is 26.3. The molecule has 1 heterocycles. The quantitative estimate of drug-likeness (QED) is 0.853. The van der Waals surface area contributed by atoms with E-state index in [4.69, 9.17) is 4.42 Å². The predicted molar refractivity (Wildman–Crippen MR) is 68.2 cm³/mol. The van der Waals surface area contributed by atoms with E-state index in [-0.39, 0.29) is 5.91 Å². The van der Waals surface area contributed by atoms with Crippen LogP contribution in [-0.2, 0) is 16.1 Å². The minimum atomic E-state index is -0.862. The van der Waals surface area contributed by atoms with E-state index in [1.165, 1.54) is 0 Å². The van der Waals surface area contributed by atoms with Crippen LogP contribution >= 0.6 is 0 Å². The summed E-state index contributed by atoms with van der Waals surface area (Å²) in [6.07, 6.45) is 5.32. The fourth-order valence-electron chi connectivity index (χ4n) is 2.75. The first-order valence-corrected chi connectivity index (χ1v) is 6.63. The van der Waals surface area contributed by atoms with Crippen LogP contribution in [0.15, 0.2) is 23.0 Å². The van der Waals surface area contributed by atoms with Crippen molar-refractivity contribution in [3.63, 3.8) is 0 Å². The lowest BCUT2D eigenvalue weighted by Gasteiger charge is -2.15. The lowest BCUT2D eigenvalue weighted by Crippen LogP contribution is -2.34. The van der Waals surface area contributed by atoms with E-state index in [0.717, 1.165) is 12.0 Å². The number of amides is 1. The Kier molecular flexibility index (Phi) is 4.24. The number of carbonyl (C=O) groups is 2. The third kappa shape index (κ3) is 3.16. The molecule has 5 heteroatoms. The molecular weight excluding hydrogens is 246 g/mol. The van der Waals surface area contributed by atoms with E-state index in [1.807, 2.05) is 6.92 Å². The second-order valence-electron chi connectivity index (χ2n) is 5.15. The van der Waals surface area contributed by atoms with Gasteiger partial charge in [-0.1, -0.05) is 13.3 Å². The van der Waals surface area contributed by atoms with Gasteiger partial charge < -0.3 is 14.8 Å². The third-order valence-corrected chi connectivity index (χ3v) is 3.94. The molecule has 0 aliphatic heterocycles. The van der Waals surface area contributed by atoms with Crippen molar-refractivity contribution in [3.05, 3.63) is 24.2 Å². The summed E-state index contributed by atoms with van der Waals surface area (Å²) in [5.41, 5.74) is 0.880. The molecule has 1 aliphatic carbocycles. The maximum Gasteiger partial charge on any atom is 0.307 e. The Morgan fingerprint density at radius 1 is 1.42 bits per heavy atom. The molecule has 3 unspecified atom stereocenters. The standard InChI is InChI=1S/C14H19NO4/c1-2-9-5-11(12(6-9)14(17)18)13(16)15-7-10-3-4-19-8-10/h3-4,8-9,11-12H,2,5-7H2,1H3,(H,15,16)(H,17,18). The molecule has 0 bridgehead atoms. The van der Waals surface area contributed by atoms with Crippen molar-refractivity contribution in [1.29, 1.82) is 0 Å². The van der Waals surface area contributed by atoms with Crippen molar-refractivity contribution < 1.29 is 19.1 Å². The van der Waals surface area contributed by atoms with Crippen LogP contribution in [0.4, 0.5) is 0 Å². The molecule has 0 saturated heterocycles. The number of carboxylic acids is 1. The number of furan rings is 1. The van der Waals surface area contributed by atoms with Gasteiger partial charge in [-0.05, 0) is 24.8 Å².